The topological polar surface area (TPSA) is 90.3 Å². The Morgan fingerprint density at radius 3 is 2.39 bits per heavy atom. The molecule has 3 aromatic rings. The van der Waals surface area contributed by atoms with Crippen LogP contribution in [0.1, 0.15) is 41.1 Å². The molecule has 1 N–H and O–H groups in total. The molecular weight excluding hydrogens is 401 g/mol. The molecule has 0 saturated carbocycles. The third kappa shape index (κ3) is 5.85. The molecule has 0 spiro atoms. The van der Waals surface area contributed by atoms with Gasteiger partial charge in [-0.05, 0) is 54.4 Å². The number of hydrogen-bond acceptors (Lipinski definition) is 5. The minimum Gasteiger partial charge on any atom is -0.453 e. The van der Waals surface area contributed by atoms with Gasteiger partial charge in [0.15, 0.2) is 18.1 Å². The van der Waals surface area contributed by atoms with Crippen LogP contribution in [-0.4, -0.2) is 33.8 Å². The van der Waals surface area contributed by atoms with Crippen molar-refractivity contribution in [3.05, 3.63) is 78.1 Å². The molecule has 0 fully saturated rings. The lowest BCUT2D eigenvalue weighted by atomic mass is 10.1. The number of ketones is 1. The number of aromatic nitrogens is 2. The number of imidazole rings is 1. The maximum absolute atomic E-state index is 13.1. The molecule has 0 atom stereocenters. The van der Waals surface area contributed by atoms with Gasteiger partial charge in [0.05, 0.1) is 12.5 Å². The van der Waals surface area contributed by atoms with Gasteiger partial charge in [0.2, 0.25) is 5.91 Å². The normalized spacial score (nSPS) is 10.7. The number of hydrogen-bond donors (Lipinski definition) is 1. The van der Waals surface area contributed by atoms with E-state index in [1.807, 2.05) is 13.8 Å². The van der Waals surface area contributed by atoms with Crippen LogP contribution in [0.5, 0.6) is 0 Å². The van der Waals surface area contributed by atoms with Crippen molar-refractivity contribution in [3.63, 3.8) is 0 Å². The highest BCUT2D eigenvalue weighted by atomic mass is 19.1. The number of nitrogens with zero attached hydrogens (tertiary/aromatic N) is 2. The molecule has 7 nitrogen and oxygen atoms in total. The summed E-state index contributed by atoms with van der Waals surface area (Å²) in [4.78, 5) is 40.5. The summed E-state index contributed by atoms with van der Waals surface area (Å²) in [5.41, 5.74) is 1.58. The monoisotopic (exact) mass is 423 g/mol. The minimum atomic E-state index is -0.729. The van der Waals surface area contributed by atoms with E-state index in [0.717, 1.165) is 0 Å². The average Bonchev–Trinajstić information content (AvgIpc) is 3.22. The van der Waals surface area contributed by atoms with Crippen LogP contribution in [0.2, 0.25) is 0 Å². The summed E-state index contributed by atoms with van der Waals surface area (Å²) in [5.74, 6) is -1.37. The molecule has 160 valence electrons. The number of ether oxygens (including phenoxy) is 1. The molecule has 0 aliphatic rings. The highest BCUT2D eigenvalue weighted by molar-refractivity contribution is 5.99. The number of carbonyl (C=O) groups excluding carboxylic acids is 3. The molecule has 31 heavy (non-hydrogen) atoms. The fraction of sp³-hybridized carbons (Fsp3) is 0.217. The second-order valence-corrected chi connectivity index (χ2v) is 7.35. The zero-order valence-electron chi connectivity index (χ0n) is 17.2. The molecule has 0 saturated heterocycles. The Labute approximate surface area is 178 Å². The highest BCUT2D eigenvalue weighted by Crippen LogP contribution is 2.15. The Morgan fingerprint density at radius 1 is 1.06 bits per heavy atom. The van der Waals surface area contributed by atoms with Gasteiger partial charge < -0.3 is 10.1 Å². The number of anilines is 1. The third-order valence-corrected chi connectivity index (χ3v) is 4.37. The SMILES string of the molecule is CC(C)CC(=O)Nc1ccc(C(=O)COC(=O)c2cncn2-c2ccc(F)cc2)cc1. The average molecular weight is 423 g/mol. The summed E-state index contributed by atoms with van der Waals surface area (Å²) in [6.07, 6.45) is 3.12. The van der Waals surface area contributed by atoms with E-state index in [4.69, 9.17) is 4.74 Å². The van der Waals surface area contributed by atoms with Gasteiger partial charge >= 0.3 is 5.97 Å². The van der Waals surface area contributed by atoms with E-state index in [0.29, 0.717) is 23.4 Å². The number of Topliss-reactive ketones (excluding diaryl/α,β-unsaturated/α-hetero) is 1. The summed E-state index contributed by atoms with van der Waals surface area (Å²) >= 11 is 0. The molecule has 1 heterocycles. The van der Waals surface area contributed by atoms with Crippen molar-refractivity contribution in [2.24, 2.45) is 5.92 Å². The third-order valence-electron chi connectivity index (χ3n) is 4.37. The highest BCUT2D eigenvalue weighted by Gasteiger charge is 2.17. The van der Waals surface area contributed by atoms with Gasteiger partial charge in [0.25, 0.3) is 0 Å². The number of nitrogens with one attached hydrogen (secondary N) is 1. The fourth-order valence-electron chi connectivity index (χ4n) is 2.86. The summed E-state index contributed by atoms with van der Waals surface area (Å²) in [6.45, 7) is 3.46. The molecule has 1 amide bonds. The van der Waals surface area contributed by atoms with E-state index < -0.39 is 18.4 Å². The van der Waals surface area contributed by atoms with Crippen molar-refractivity contribution in [3.8, 4) is 5.69 Å². The molecular formula is C23H22FN3O4. The van der Waals surface area contributed by atoms with E-state index in [2.05, 4.69) is 10.3 Å². The lowest BCUT2D eigenvalue weighted by molar-refractivity contribution is -0.116. The van der Waals surface area contributed by atoms with Crippen LogP contribution < -0.4 is 5.32 Å². The van der Waals surface area contributed by atoms with Crippen LogP contribution in [0, 0.1) is 11.7 Å². The van der Waals surface area contributed by atoms with E-state index in [-0.39, 0.29) is 23.3 Å². The first-order valence-electron chi connectivity index (χ1n) is 9.72. The number of amides is 1. The van der Waals surface area contributed by atoms with Crippen LogP contribution in [0.15, 0.2) is 61.1 Å². The van der Waals surface area contributed by atoms with Crippen LogP contribution in [-0.2, 0) is 9.53 Å². The molecule has 0 bridgehead atoms. The fourth-order valence-corrected chi connectivity index (χ4v) is 2.86. The largest absolute Gasteiger partial charge is 0.453 e. The van der Waals surface area contributed by atoms with Crippen LogP contribution in [0.4, 0.5) is 10.1 Å². The van der Waals surface area contributed by atoms with Crippen molar-refractivity contribution in [2.45, 2.75) is 20.3 Å². The van der Waals surface area contributed by atoms with Gasteiger partial charge in [0.1, 0.15) is 5.82 Å². The smallest absolute Gasteiger partial charge is 0.357 e. The first-order chi connectivity index (χ1) is 14.8. The second kappa shape index (κ2) is 9.80. The van der Waals surface area contributed by atoms with Crippen LogP contribution >= 0.6 is 0 Å². The van der Waals surface area contributed by atoms with Gasteiger partial charge in [-0.3, -0.25) is 14.2 Å². The molecule has 2 aromatic carbocycles. The lowest BCUT2D eigenvalue weighted by Gasteiger charge is -2.09. The summed E-state index contributed by atoms with van der Waals surface area (Å²) in [6, 6.07) is 11.9. The Morgan fingerprint density at radius 2 is 1.74 bits per heavy atom. The van der Waals surface area contributed by atoms with Crippen molar-refractivity contribution >= 4 is 23.3 Å². The van der Waals surface area contributed by atoms with E-state index in [1.165, 1.54) is 41.4 Å². The zero-order chi connectivity index (χ0) is 22.4. The Bertz CT molecular complexity index is 1070. The first kappa shape index (κ1) is 21.9. The minimum absolute atomic E-state index is 0.0965. The summed E-state index contributed by atoms with van der Waals surface area (Å²) in [7, 11) is 0. The van der Waals surface area contributed by atoms with Crippen LogP contribution in [0.25, 0.3) is 5.69 Å². The predicted molar refractivity (Wildman–Crippen MR) is 113 cm³/mol. The molecule has 1 aromatic heterocycles. The quantitative estimate of drug-likeness (QED) is 0.436. The maximum Gasteiger partial charge on any atom is 0.357 e. The van der Waals surface area contributed by atoms with Gasteiger partial charge in [-0.15, -0.1) is 0 Å². The zero-order valence-corrected chi connectivity index (χ0v) is 17.2. The predicted octanol–water partition coefficient (Wildman–Crippen LogP) is 4.04. The maximum atomic E-state index is 13.1. The van der Waals surface area contributed by atoms with Crippen molar-refractivity contribution in [2.75, 3.05) is 11.9 Å². The standard InChI is InChI=1S/C23H22FN3O4/c1-15(2)11-22(29)26-18-7-3-16(4-8-18)21(28)13-31-23(30)20-12-25-14-27(20)19-9-5-17(24)6-10-19/h3-10,12,14-15H,11,13H2,1-2H3,(H,26,29). The number of rotatable bonds is 8. The summed E-state index contributed by atoms with van der Waals surface area (Å²) in [5, 5.41) is 2.76. The second-order valence-electron chi connectivity index (χ2n) is 7.35. The van der Waals surface area contributed by atoms with Crippen molar-refractivity contribution in [1.29, 1.82) is 0 Å². The van der Waals surface area contributed by atoms with Gasteiger partial charge in [-0.1, -0.05) is 13.8 Å². The van der Waals surface area contributed by atoms with Crippen LogP contribution in [0.3, 0.4) is 0 Å². The van der Waals surface area contributed by atoms with Gasteiger partial charge in [-0.2, -0.15) is 0 Å². The van der Waals surface area contributed by atoms with Gasteiger partial charge in [0, 0.05) is 23.4 Å². The molecule has 0 radical (unpaired) electrons. The van der Waals surface area contributed by atoms with E-state index in [1.54, 1.807) is 24.3 Å². The molecule has 0 aliphatic heterocycles. The molecule has 8 heteroatoms. The lowest BCUT2D eigenvalue weighted by Crippen LogP contribution is -2.17. The van der Waals surface area contributed by atoms with Crippen molar-refractivity contribution < 1.29 is 23.5 Å². The molecule has 0 unspecified atom stereocenters. The number of esters is 1. The molecule has 0 aliphatic carbocycles. The Hall–Kier alpha value is -3.81. The van der Waals surface area contributed by atoms with Gasteiger partial charge in [-0.25, -0.2) is 14.2 Å². The Balaban J connectivity index is 1.59. The summed E-state index contributed by atoms with van der Waals surface area (Å²) < 4.78 is 19.7. The number of benzene rings is 2. The first-order valence-corrected chi connectivity index (χ1v) is 9.72. The van der Waals surface area contributed by atoms with E-state index in [9.17, 15) is 18.8 Å². The van der Waals surface area contributed by atoms with E-state index >= 15 is 0 Å². The van der Waals surface area contributed by atoms with Crippen molar-refractivity contribution in [1.82, 2.24) is 9.55 Å². The molecule has 3 rings (SSSR count). The Kier molecular flexibility index (Phi) is 6.92. The number of halogens is 1. The number of carbonyl (C=O) groups is 3.